The van der Waals surface area contributed by atoms with Gasteiger partial charge in [0, 0.05) is 19.6 Å². The van der Waals surface area contributed by atoms with E-state index < -0.39 is 6.04 Å². The van der Waals surface area contributed by atoms with E-state index in [0.717, 1.165) is 36.3 Å². The number of piperidine rings is 1. The highest BCUT2D eigenvalue weighted by molar-refractivity contribution is 5.94. The van der Waals surface area contributed by atoms with Gasteiger partial charge in [-0.2, -0.15) is 5.26 Å². The first-order valence-corrected chi connectivity index (χ1v) is 12.2. The Morgan fingerprint density at radius 1 is 1.06 bits per heavy atom. The van der Waals surface area contributed by atoms with Crippen LogP contribution in [0.25, 0.3) is 0 Å². The topological polar surface area (TPSA) is 81.0 Å². The molecule has 1 saturated heterocycles. The zero-order valence-corrected chi connectivity index (χ0v) is 20.5. The van der Waals surface area contributed by atoms with Crippen LogP contribution in [0.15, 0.2) is 72.9 Å². The Bertz CT molecular complexity index is 1140. The third kappa shape index (κ3) is 6.68. The molecule has 6 nitrogen and oxygen atoms in total. The third-order valence-electron chi connectivity index (χ3n) is 6.72. The van der Waals surface area contributed by atoms with Gasteiger partial charge >= 0.3 is 0 Å². The van der Waals surface area contributed by atoms with Crippen molar-refractivity contribution in [3.63, 3.8) is 0 Å². The van der Waals surface area contributed by atoms with E-state index >= 15 is 0 Å². The van der Waals surface area contributed by atoms with Gasteiger partial charge in [-0.15, -0.1) is 0 Å². The van der Waals surface area contributed by atoms with E-state index in [9.17, 15) is 4.79 Å². The highest BCUT2D eigenvalue weighted by Crippen LogP contribution is 2.32. The summed E-state index contributed by atoms with van der Waals surface area (Å²) in [5.74, 6) is 0.405. The maximum atomic E-state index is 13.2. The minimum absolute atomic E-state index is 0.143. The lowest BCUT2D eigenvalue weighted by atomic mass is 9.82. The van der Waals surface area contributed by atoms with Crippen LogP contribution in [0.1, 0.15) is 49.4 Å². The van der Waals surface area contributed by atoms with Gasteiger partial charge in [-0.25, -0.2) is 4.98 Å². The zero-order chi connectivity index (χ0) is 24.7. The number of anilines is 2. The maximum absolute atomic E-state index is 13.2. The van der Waals surface area contributed by atoms with E-state index in [4.69, 9.17) is 5.26 Å². The second-order valence-electron chi connectivity index (χ2n) is 9.90. The molecule has 6 heteroatoms. The van der Waals surface area contributed by atoms with E-state index in [-0.39, 0.29) is 5.91 Å². The molecule has 3 aromatic rings. The van der Waals surface area contributed by atoms with Crippen molar-refractivity contribution < 1.29 is 4.79 Å². The smallest absolute Gasteiger partial charge is 0.247 e. The Balaban J connectivity index is 1.38. The van der Waals surface area contributed by atoms with Crippen LogP contribution in [-0.4, -0.2) is 30.5 Å². The molecule has 1 atom stereocenters. The fourth-order valence-electron chi connectivity index (χ4n) is 4.33. The number of amides is 1. The van der Waals surface area contributed by atoms with Crippen molar-refractivity contribution >= 4 is 17.4 Å². The van der Waals surface area contributed by atoms with Gasteiger partial charge in [0.15, 0.2) is 0 Å². The first-order valence-electron chi connectivity index (χ1n) is 12.2. The number of aromatic nitrogens is 1. The third-order valence-corrected chi connectivity index (χ3v) is 6.72. The average Bonchev–Trinajstić information content (AvgIpc) is 2.88. The van der Waals surface area contributed by atoms with Gasteiger partial charge in [0.05, 0.1) is 23.5 Å². The van der Waals surface area contributed by atoms with Crippen LogP contribution in [0.3, 0.4) is 0 Å². The van der Waals surface area contributed by atoms with Crippen molar-refractivity contribution in [2.24, 2.45) is 5.41 Å². The summed E-state index contributed by atoms with van der Waals surface area (Å²) >= 11 is 0. The summed E-state index contributed by atoms with van der Waals surface area (Å²) in [6.45, 7) is 7.32. The normalized spacial score (nSPS) is 15.7. The zero-order valence-electron chi connectivity index (χ0n) is 20.5. The fraction of sp³-hybridized carbons (Fsp3) is 0.345. The summed E-state index contributed by atoms with van der Waals surface area (Å²) < 4.78 is 0. The standard InChI is InChI=1S/C29H33N5O/c1-29(2)15-18-34(19-16-29)25-12-13-26(32-21-25)33-28(35)27(24-6-4-3-5-7-24)31-17-14-22-8-10-23(20-30)11-9-22/h3-13,21,27,31H,14-19H2,1-2H3,(H,32,33,35)/t27-/m0/s1. The molecule has 0 spiro atoms. The van der Waals surface area contributed by atoms with Crippen molar-refractivity contribution in [1.82, 2.24) is 10.3 Å². The van der Waals surface area contributed by atoms with Gasteiger partial charge in [-0.1, -0.05) is 56.3 Å². The van der Waals surface area contributed by atoms with E-state index in [1.165, 1.54) is 12.8 Å². The minimum atomic E-state index is -0.500. The molecule has 0 aliphatic carbocycles. The minimum Gasteiger partial charge on any atom is -0.370 e. The Hall–Kier alpha value is -3.69. The van der Waals surface area contributed by atoms with E-state index in [0.29, 0.717) is 23.3 Å². The van der Waals surface area contributed by atoms with Gasteiger partial charge in [0.1, 0.15) is 11.9 Å². The van der Waals surface area contributed by atoms with Crippen molar-refractivity contribution in [3.8, 4) is 6.07 Å². The van der Waals surface area contributed by atoms with E-state index in [1.807, 2.05) is 72.9 Å². The molecule has 0 radical (unpaired) electrons. The molecular weight excluding hydrogens is 434 g/mol. The molecule has 35 heavy (non-hydrogen) atoms. The summed E-state index contributed by atoms with van der Waals surface area (Å²) in [5, 5.41) is 15.3. The van der Waals surface area contributed by atoms with Crippen molar-refractivity contribution in [2.45, 2.75) is 39.2 Å². The largest absolute Gasteiger partial charge is 0.370 e. The molecule has 2 aromatic carbocycles. The molecule has 1 fully saturated rings. The number of rotatable bonds is 8. The van der Waals surface area contributed by atoms with Gasteiger partial charge in [-0.05, 0) is 60.1 Å². The molecule has 0 unspecified atom stereocenters. The quantitative estimate of drug-likeness (QED) is 0.482. The molecule has 1 aliphatic heterocycles. The fourth-order valence-corrected chi connectivity index (χ4v) is 4.33. The highest BCUT2D eigenvalue weighted by Gasteiger charge is 2.26. The van der Waals surface area contributed by atoms with Crippen LogP contribution in [0.4, 0.5) is 11.5 Å². The van der Waals surface area contributed by atoms with Crippen LogP contribution in [0.2, 0.25) is 0 Å². The molecule has 2 heterocycles. The summed E-state index contributed by atoms with van der Waals surface area (Å²) in [6.07, 6.45) is 4.93. The molecular formula is C29H33N5O. The van der Waals surface area contributed by atoms with Crippen molar-refractivity contribution in [3.05, 3.63) is 89.6 Å². The summed E-state index contributed by atoms with van der Waals surface area (Å²) in [7, 11) is 0. The number of nitrogens with one attached hydrogen (secondary N) is 2. The van der Waals surface area contributed by atoms with Crippen molar-refractivity contribution in [2.75, 3.05) is 29.9 Å². The van der Waals surface area contributed by atoms with E-state index in [1.54, 1.807) is 0 Å². The lowest BCUT2D eigenvalue weighted by Crippen LogP contribution is -2.37. The Labute approximate surface area is 208 Å². The van der Waals surface area contributed by atoms with Crippen LogP contribution in [0, 0.1) is 16.7 Å². The number of hydrogen-bond donors (Lipinski definition) is 2. The molecule has 4 rings (SSSR count). The molecule has 180 valence electrons. The Kier molecular flexibility index (Phi) is 7.79. The molecule has 0 saturated carbocycles. The van der Waals surface area contributed by atoms with Gasteiger partial charge in [0.25, 0.3) is 0 Å². The molecule has 2 N–H and O–H groups in total. The van der Waals surface area contributed by atoms with Crippen molar-refractivity contribution in [1.29, 1.82) is 5.26 Å². The molecule has 1 aromatic heterocycles. The Morgan fingerprint density at radius 3 is 2.40 bits per heavy atom. The lowest BCUT2D eigenvalue weighted by molar-refractivity contribution is -0.118. The lowest BCUT2D eigenvalue weighted by Gasteiger charge is -2.38. The first-order chi connectivity index (χ1) is 16.9. The number of nitriles is 1. The summed E-state index contributed by atoms with van der Waals surface area (Å²) in [4.78, 5) is 20.1. The predicted octanol–water partition coefficient (Wildman–Crippen LogP) is 5.09. The second kappa shape index (κ2) is 11.2. The summed E-state index contributed by atoms with van der Waals surface area (Å²) in [5.41, 5.74) is 4.15. The average molecular weight is 468 g/mol. The highest BCUT2D eigenvalue weighted by atomic mass is 16.2. The maximum Gasteiger partial charge on any atom is 0.247 e. The van der Waals surface area contributed by atoms with Gasteiger partial charge in [0.2, 0.25) is 5.91 Å². The van der Waals surface area contributed by atoms with Gasteiger partial charge in [-0.3, -0.25) is 4.79 Å². The van der Waals surface area contributed by atoms with Crippen LogP contribution < -0.4 is 15.5 Å². The molecule has 1 aliphatic rings. The first kappa shape index (κ1) is 24.4. The predicted molar refractivity (Wildman–Crippen MR) is 140 cm³/mol. The number of benzene rings is 2. The number of carbonyl (C=O) groups excluding carboxylic acids is 1. The van der Waals surface area contributed by atoms with Crippen LogP contribution in [-0.2, 0) is 11.2 Å². The van der Waals surface area contributed by atoms with Crippen LogP contribution in [0.5, 0.6) is 0 Å². The van der Waals surface area contributed by atoms with Gasteiger partial charge < -0.3 is 15.5 Å². The molecule has 0 bridgehead atoms. The second-order valence-corrected chi connectivity index (χ2v) is 9.90. The number of nitrogens with zero attached hydrogens (tertiary/aromatic N) is 3. The van der Waals surface area contributed by atoms with Crippen LogP contribution >= 0.6 is 0 Å². The number of hydrogen-bond acceptors (Lipinski definition) is 5. The SMILES string of the molecule is CC1(C)CCN(c2ccc(NC(=O)[C@@H](NCCc3ccc(C#N)cc3)c3ccccc3)nc2)CC1. The number of pyridine rings is 1. The number of carbonyl (C=O) groups is 1. The van der Waals surface area contributed by atoms with E-state index in [2.05, 4.69) is 40.4 Å². The summed E-state index contributed by atoms with van der Waals surface area (Å²) in [6, 6.07) is 22.8. The molecule has 1 amide bonds. The Morgan fingerprint density at radius 2 is 1.77 bits per heavy atom. The monoisotopic (exact) mass is 467 g/mol.